The minimum Gasteiger partial charge on any atom is -0.693 e. The molecule has 0 aliphatic rings. The molecular weight excluding hydrogens is 260 g/mol. The number of nitrogens with two attached hydrogens (primary N) is 1. The zero-order chi connectivity index (χ0) is 3.54. The molecule has 1 radical (unpaired) electrons. The van der Waals surface area contributed by atoms with Gasteiger partial charge in [-0.2, -0.15) is 18.2 Å². The Morgan fingerprint density at radius 1 is 1.00 bits per heavy atom. The van der Waals surface area contributed by atoms with Gasteiger partial charge < -0.3 is 6.15 Å². The van der Waals surface area contributed by atoms with Crippen LogP contribution in [0.15, 0.2) is 30.3 Å². The third-order valence-corrected chi connectivity index (χ3v) is 0.556. The Hall–Kier alpha value is -0.0277. The van der Waals surface area contributed by atoms with Crippen LogP contribution in [0.4, 0.5) is 0 Å². The summed E-state index contributed by atoms with van der Waals surface area (Å²) in [6, 6.07) is 10.0. The zero-order valence-corrected chi connectivity index (χ0v) is 6.56. The van der Waals surface area contributed by atoms with Crippen molar-refractivity contribution in [1.82, 2.24) is 0 Å². The summed E-state index contributed by atoms with van der Waals surface area (Å²) in [5.74, 6) is 0. The Bertz CT molecular complexity index is 64.6. The first-order valence-electron chi connectivity index (χ1n) is 1.67. The molecule has 1 aromatic carbocycles. The summed E-state index contributed by atoms with van der Waals surface area (Å²) in [7, 11) is 0. The normalized spacial score (nSPS) is 5.71. The summed E-state index contributed by atoms with van der Waals surface area (Å²) in [6.07, 6.45) is 0. The molecule has 1 aromatic rings. The minimum absolute atomic E-state index is 0. The first-order chi connectivity index (χ1) is 2.50. The minimum atomic E-state index is 0. The maximum Gasteiger partial charge on any atom is 0 e. The van der Waals surface area contributed by atoms with Gasteiger partial charge in [0.25, 0.3) is 0 Å². The van der Waals surface area contributed by atoms with Crippen LogP contribution in [-0.2, 0) is 20.4 Å². The molecule has 0 saturated heterocycles. The summed E-state index contributed by atoms with van der Waals surface area (Å²) in [6.45, 7) is 0. The van der Waals surface area contributed by atoms with Crippen molar-refractivity contribution >= 4 is 0 Å². The second-order valence-electron chi connectivity index (χ2n) is 0.962. The van der Waals surface area contributed by atoms with E-state index in [-0.39, 0.29) is 26.6 Å². The Morgan fingerprint density at radius 3 is 1.57 bits per heavy atom. The van der Waals surface area contributed by atoms with Crippen LogP contribution in [0.3, 0.4) is 0 Å². The van der Waals surface area contributed by atoms with Gasteiger partial charge in [-0.15, -0.1) is 0 Å². The van der Waals surface area contributed by atoms with E-state index in [9.17, 15) is 0 Å². The molecule has 0 aliphatic heterocycles. The van der Waals surface area contributed by atoms with E-state index >= 15 is 0 Å². The summed E-state index contributed by atoms with van der Waals surface area (Å²) in [5, 5.41) is 0. The van der Waals surface area contributed by atoms with Gasteiger partial charge in [0.1, 0.15) is 0 Å². The molecule has 0 heterocycles. The van der Waals surface area contributed by atoms with Crippen molar-refractivity contribution in [2.24, 2.45) is 0 Å². The van der Waals surface area contributed by atoms with Crippen LogP contribution in [-0.4, -0.2) is 0 Å². The van der Waals surface area contributed by atoms with Crippen molar-refractivity contribution in [1.29, 1.82) is 0 Å². The third kappa shape index (κ3) is 3.81. The first-order valence-corrected chi connectivity index (χ1v) is 1.67. The molecule has 2 heteroatoms. The maximum atomic E-state index is 2.00. The fourth-order valence-corrected chi connectivity index (χ4v) is 0.321. The molecule has 1 rings (SSSR count). The zero-order valence-electron chi connectivity index (χ0n) is 3.84. The topological polar surface area (TPSA) is 33.5 Å². The molecule has 0 atom stereocenters. The van der Waals surface area contributed by atoms with E-state index in [1.54, 1.807) is 0 Å². The van der Waals surface area contributed by atoms with Crippen LogP contribution in [0.1, 0.15) is 0 Å². The molecule has 0 unspecified atom stereocenters. The van der Waals surface area contributed by atoms with Gasteiger partial charge in [-0.05, 0) is 0 Å². The van der Waals surface area contributed by atoms with Crippen LogP contribution in [0, 0.1) is 0 Å². The van der Waals surface area contributed by atoms with E-state index in [1.165, 1.54) is 0 Å². The molecule has 2 N–H and O–H groups in total. The summed E-state index contributed by atoms with van der Waals surface area (Å²) in [4.78, 5) is 0. The third-order valence-electron chi connectivity index (χ3n) is 0.556. The SMILES string of the molecule is [NH2-].[Re].c1cc[cH-]c1. The van der Waals surface area contributed by atoms with Crippen molar-refractivity contribution in [3.8, 4) is 0 Å². The largest absolute Gasteiger partial charge is 0.693 e. The first kappa shape index (κ1) is 10.1. The van der Waals surface area contributed by atoms with Gasteiger partial charge >= 0.3 is 0 Å². The van der Waals surface area contributed by atoms with Crippen LogP contribution in [0.25, 0.3) is 6.15 Å². The predicted molar refractivity (Wildman–Crippen MR) is 27.3 cm³/mol. The smallest absolute Gasteiger partial charge is 0 e. The van der Waals surface area contributed by atoms with Crippen molar-refractivity contribution in [2.75, 3.05) is 0 Å². The Morgan fingerprint density at radius 2 is 1.43 bits per heavy atom. The molecule has 0 aliphatic carbocycles. The van der Waals surface area contributed by atoms with Crippen LogP contribution >= 0.6 is 0 Å². The predicted octanol–water partition coefficient (Wildman–Crippen LogP) is 2.12. The quantitative estimate of drug-likeness (QED) is 0.645. The van der Waals surface area contributed by atoms with Gasteiger partial charge in [0, 0.05) is 20.4 Å². The molecule has 0 spiro atoms. The fraction of sp³-hybridized carbons (Fsp3) is 0. The van der Waals surface area contributed by atoms with E-state index in [0.717, 1.165) is 0 Å². The van der Waals surface area contributed by atoms with Gasteiger partial charge in [-0.1, -0.05) is 0 Å². The molecule has 1 nitrogen and oxygen atoms in total. The second kappa shape index (κ2) is 5.97. The Balaban J connectivity index is 0. The number of rotatable bonds is 0. The van der Waals surface area contributed by atoms with E-state index in [2.05, 4.69) is 0 Å². The average Bonchev–Trinajstić information content (AvgIpc) is 1.76. The molecule has 0 amide bonds. The van der Waals surface area contributed by atoms with Gasteiger partial charge in [-0.3, -0.25) is 0 Å². The monoisotopic (exact) mass is 268 g/mol. The molecule has 0 bridgehead atoms. The molecule has 41 valence electrons. The average molecular weight is 267 g/mol. The van der Waals surface area contributed by atoms with E-state index in [1.807, 2.05) is 30.3 Å². The summed E-state index contributed by atoms with van der Waals surface area (Å²) < 4.78 is 0. The Kier molecular flexibility index (Phi) is 8.58. The summed E-state index contributed by atoms with van der Waals surface area (Å²) in [5.41, 5.74) is 0. The van der Waals surface area contributed by atoms with Gasteiger partial charge in [0.2, 0.25) is 0 Å². The van der Waals surface area contributed by atoms with E-state index in [4.69, 9.17) is 0 Å². The van der Waals surface area contributed by atoms with Crippen LogP contribution in [0.2, 0.25) is 0 Å². The van der Waals surface area contributed by atoms with Gasteiger partial charge in [0.05, 0.1) is 0 Å². The van der Waals surface area contributed by atoms with Crippen LogP contribution < -0.4 is 0 Å². The van der Waals surface area contributed by atoms with Crippen molar-refractivity contribution in [3.63, 3.8) is 0 Å². The van der Waals surface area contributed by atoms with Gasteiger partial charge in [-0.25, -0.2) is 12.1 Å². The van der Waals surface area contributed by atoms with Gasteiger partial charge in [0.15, 0.2) is 0 Å². The number of hydrogen-bond acceptors (Lipinski definition) is 0. The van der Waals surface area contributed by atoms with E-state index < -0.39 is 0 Å². The standard InChI is InChI=1S/C5H5.H2N.Re/c1-2-4-5-3-1;;/h1-5H;1H2;/q2*-1;. The molecular formula is C5H7NRe-2. The number of hydrogen-bond donors (Lipinski definition) is 0. The second-order valence-corrected chi connectivity index (χ2v) is 0.962. The van der Waals surface area contributed by atoms with Crippen LogP contribution in [0.5, 0.6) is 0 Å². The molecule has 7 heavy (non-hydrogen) atoms. The van der Waals surface area contributed by atoms with Crippen molar-refractivity contribution in [2.45, 2.75) is 0 Å². The van der Waals surface area contributed by atoms with E-state index in [0.29, 0.717) is 0 Å². The Labute approximate surface area is 57.3 Å². The maximum absolute atomic E-state index is 2.00. The fourth-order valence-electron chi connectivity index (χ4n) is 0.321. The van der Waals surface area contributed by atoms with Crippen molar-refractivity contribution < 1.29 is 20.4 Å². The summed E-state index contributed by atoms with van der Waals surface area (Å²) >= 11 is 0. The molecule has 0 saturated carbocycles. The molecule has 0 fully saturated rings. The molecule has 0 aromatic heterocycles. The van der Waals surface area contributed by atoms with Crippen molar-refractivity contribution in [3.05, 3.63) is 36.5 Å².